The summed E-state index contributed by atoms with van der Waals surface area (Å²) in [7, 11) is -3.29. The highest BCUT2D eigenvalue weighted by atomic mass is 32.2. The number of piperidine rings is 1. The van der Waals surface area contributed by atoms with E-state index in [4.69, 9.17) is 0 Å². The minimum absolute atomic E-state index is 0.0259. The molecular formula is C20H25N3O3S. The molecule has 0 saturated carbocycles. The van der Waals surface area contributed by atoms with Crippen molar-refractivity contribution in [3.8, 4) is 0 Å². The molecule has 0 spiro atoms. The second kappa shape index (κ2) is 9.10. The molecule has 2 aromatic rings. The zero-order chi connectivity index (χ0) is 19.1. The summed E-state index contributed by atoms with van der Waals surface area (Å²) in [5.41, 5.74) is 1.83. The lowest BCUT2D eigenvalue weighted by molar-refractivity contribution is -0.126. The molecule has 0 bridgehead atoms. The van der Waals surface area contributed by atoms with Crippen LogP contribution < -0.4 is 5.32 Å². The van der Waals surface area contributed by atoms with Crippen molar-refractivity contribution in [2.24, 2.45) is 5.92 Å². The Morgan fingerprint density at radius 1 is 1.07 bits per heavy atom. The largest absolute Gasteiger partial charge is 0.350 e. The van der Waals surface area contributed by atoms with Crippen LogP contribution in [0.4, 0.5) is 0 Å². The Hall–Kier alpha value is -2.25. The number of sulfonamides is 1. The predicted octanol–water partition coefficient (Wildman–Crippen LogP) is 1.98. The first kappa shape index (κ1) is 19.5. The minimum Gasteiger partial charge on any atom is -0.350 e. The van der Waals surface area contributed by atoms with Gasteiger partial charge in [-0.05, 0) is 37.0 Å². The normalized spacial score (nSPS) is 16.1. The molecule has 144 valence electrons. The molecule has 7 heteroatoms. The molecule has 0 radical (unpaired) electrons. The van der Waals surface area contributed by atoms with E-state index in [9.17, 15) is 13.2 Å². The van der Waals surface area contributed by atoms with Crippen molar-refractivity contribution in [2.45, 2.75) is 25.8 Å². The number of carbonyl (C=O) groups excluding carboxylic acids is 1. The summed E-state index contributed by atoms with van der Waals surface area (Å²) in [6.45, 7) is 1.20. The number of hydrogen-bond acceptors (Lipinski definition) is 4. The Bertz CT molecular complexity index is 833. The Labute approximate surface area is 160 Å². The molecule has 1 aromatic heterocycles. The topological polar surface area (TPSA) is 79.4 Å². The van der Waals surface area contributed by atoms with E-state index in [2.05, 4.69) is 10.3 Å². The maximum Gasteiger partial charge on any atom is 0.223 e. The molecule has 1 saturated heterocycles. The Kier molecular flexibility index (Phi) is 6.58. The number of aryl methyl sites for hydroxylation is 1. The highest BCUT2D eigenvalue weighted by Gasteiger charge is 2.30. The van der Waals surface area contributed by atoms with Crippen LogP contribution in [-0.2, 0) is 27.8 Å². The highest BCUT2D eigenvalue weighted by Crippen LogP contribution is 2.20. The van der Waals surface area contributed by atoms with Crippen LogP contribution in [-0.4, -0.2) is 42.5 Å². The summed E-state index contributed by atoms with van der Waals surface area (Å²) in [5.74, 6) is -0.0654. The van der Waals surface area contributed by atoms with Crippen molar-refractivity contribution in [2.75, 3.05) is 18.8 Å². The van der Waals surface area contributed by atoms with Gasteiger partial charge < -0.3 is 5.32 Å². The molecule has 0 aliphatic carbocycles. The fourth-order valence-corrected chi connectivity index (χ4v) is 4.76. The molecule has 1 aliphatic heterocycles. The van der Waals surface area contributed by atoms with Gasteiger partial charge in [-0.3, -0.25) is 9.78 Å². The molecular weight excluding hydrogens is 362 g/mol. The third-order valence-electron chi connectivity index (χ3n) is 4.88. The summed E-state index contributed by atoms with van der Waals surface area (Å²) in [6.07, 6.45) is 3.31. The quantitative estimate of drug-likeness (QED) is 0.788. The van der Waals surface area contributed by atoms with Gasteiger partial charge in [0.05, 0.1) is 18.0 Å². The molecule has 3 rings (SSSR count). The summed E-state index contributed by atoms with van der Waals surface area (Å²) >= 11 is 0. The van der Waals surface area contributed by atoms with Crippen LogP contribution in [0, 0.1) is 5.92 Å². The second-order valence-corrected chi connectivity index (χ2v) is 8.85. The van der Waals surface area contributed by atoms with E-state index in [1.807, 2.05) is 48.5 Å². The fourth-order valence-electron chi connectivity index (χ4n) is 3.24. The average molecular weight is 388 g/mol. The van der Waals surface area contributed by atoms with E-state index in [1.165, 1.54) is 4.31 Å². The SMILES string of the molecule is O=C(NCc1ccccn1)C1CCN(S(=O)(=O)CCc2ccccc2)CC1. The van der Waals surface area contributed by atoms with Crippen LogP contribution >= 0.6 is 0 Å². The van der Waals surface area contributed by atoms with Gasteiger partial charge in [0.15, 0.2) is 0 Å². The van der Waals surface area contributed by atoms with Gasteiger partial charge >= 0.3 is 0 Å². The molecule has 6 nitrogen and oxygen atoms in total. The monoisotopic (exact) mass is 387 g/mol. The van der Waals surface area contributed by atoms with Crippen molar-refractivity contribution in [3.05, 3.63) is 66.0 Å². The number of carbonyl (C=O) groups is 1. The maximum absolute atomic E-state index is 12.6. The lowest BCUT2D eigenvalue weighted by Gasteiger charge is -2.30. The summed E-state index contributed by atoms with van der Waals surface area (Å²) in [4.78, 5) is 16.5. The van der Waals surface area contributed by atoms with Crippen molar-refractivity contribution < 1.29 is 13.2 Å². The van der Waals surface area contributed by atoms with E-state index < -0.39 is 10.0 Å². The summed E-state index contributed by atoms with van der Waals surface area (Å²) < 4.78 is 26.7. The number of amides is 1. The molecule has 1 amide bonds. The smallest absolute Gasteiger partial charge is 0.223 e. The Balaban J connectivity index is 1.45. The van der Waals surface area contributed by atoms with Crippen molar-refractivity contribution in [3.63, 3.8) is 0 Å². The molecule has 1 aromatic carbocycles. The lowest BCUT2D eigenvalue weighted by atomic mass is 9.97. The van der Waals surface area contributed by atoms with Crippen LogP contribution in [0.25, 0.3) is 0 Å². The summed E-state index contributed by atoms with van der Waals surface area (Å²) in [5, 5.41) is 2.90. The number of rotatable bonds is 7. The van der Waals surface area contributed by atoms with Crippen molar-refractivity contribution in [1.29, 1.82) is 0 Å². The second-order valence-electron chi connectivity index (χ2n) is 6.76. The fraction of sp³-hybridized carbons (Fsp3) is 0.400. The van der Waals surface area contributed by atoms with Gasteiger partial charge in [0.1, 0.15) is 0 Å². The van der Waals surface area contributed by atoms with Crippen LogP contribution in [0.5, 0.6) is 0 Å². The molecule has 27 heavy (non-hydrogen) atoms. The van der Waals surface area contributed by atoms with E-state index in [0.29, 0.717) is 38.9 Å². The van der Waals surface area contributed by atoms with E-state index in [1.54, 1.807) is 6.20 Å². The van der Waals surface area contributed by atoms with E-state index in [0.717, 1.165) is 11.3 Å². The molecule has 1 N–H and O–H groups in total. The number of nitrogens with one attached hydrogen (secondary N) is 1. The zero-order valence-electron chi connectivity index (χ0n) is 15.3. The van der Waals surface area contributed by atoms with Crippen molar-refractivity contribution in [1.82, 2.24) is 14.6 Å². The maximum atomic E-state index is 12.6. The Morgan fingerprint density at radius 2 is 1.78 bits per heavy atom. The van der Waals surface area contributed by atoms with E-state index >= 15 is 0 Å². The first-order valence-corrected chi connectivity index (χ1v) is 10.8. The third kappa shape index (κ3) is 5.61. The van der Waals surface area contributed by atoms with Crippen LogP contribution in [0.3, 0.4) is 0 Å². The van der Waals surface area contributed by atoms with Gasteiger partial charge in [-0.15, -0.1) is 0 Å². The predicted molar refractivity (Wildman–Crippen MR) is 104 cm³/mol. The number of pyridine rings is 1. The van der Waals surface area contributed by atoms with E-state index in [-0.39, 0.29) is 17.6 Å². The summed E-state index contributed by atoms with van der Waals surface area (Å²) in [6, 6.07) is 15.2. The number of nitrogens with zero attached hydrogens (tertiary/aromatic N) is 2. The molecule has 1 aliphatic rings. The van der Waals surface area contributed by atoms with Crippen LogP contribution in [0.1, 0.15) is 24.1 Å². The van der Waals surface area contributed by atoms with Gasteiger partial charge in [0, 0.05) is 25.2 Å². The van der Waals surface area contributed by atoms with Gasteiger partial charge in [-0.1, -0.05) is 36.4 Å². The standard InChI is InChI=1S/C20H25N3O3S/c24-20(22-16-19-8-4-5-12-21-19)18-9-13-23(14-10-18)27(25,26)15-11-17-6-2-1-3-7-17/h1-8,12,18H,9-11,13-16H2,(H,22,24). The minimum atomic E-state index is -3.29. The average Bonchev–Trinajstić information content (AvgIpc) is 2.72. The molecule has 1 fully saturated rings. The van der Waals surface area contributed by atoms with Gasteiger partial charge in [-0.25, -0.2) is 12.7 Å². The first-order valence-electron chi connectivity index (χ1n) is 9.24. The zero-order valence-corrected chi connectivity index (χ0v) is 16.1. The van der Waals surface area contributed by atoms with Gasteiger partial charge in [0.25, 0.3) is 0 Å². The number of hydrogen-bond donors (Lipinski definition) is 1. The number of benzene rings is 1. The molecule has 2 heterocycles. The van der Waals surface area contributed by atoms with Crippen LogP contribution in [0.2, 0.25) is 0 Å². The Morgan fingerprint density at radius 3 is 2.44 bits per heavy atom. The van der Waals surface area contributed by atoms with Crippen molar-refractivity contribution >= 4 is 15.9 Å². The first-order chi connectivity index (χ1) is 13.0. The molecule has 0 atom stereocenters. The highest BCUT2D eigenvalue weighted by molar-refractivity contribution is 7.89. The van der Waals surface area contributed by atoms with Gasteiger partial charge in [-0.2, -0.15) is 0 Å². The van der Waals surface area contributed by atoms with Gasteiger partial charge in [0.2, 0.25) is 15.9 Å². The molecule has 0 unspecified atom stereocenters. The number of aromatic nitrogens is 1. The third-order valence-corrected chi connectivity index (χ3v) is 6.75. The lowest BCUT2D eigenvalue weighted by Crippen LogP contribution is -2.43. The van der Waals surface area contributed by atoms with Crippen LogP contribution in [0.15, 0.2) is 54.7 Å².